The molecule has 1 amide bonds. The molecule has 0 radical (unpaired) electrons. The zero-order valence-electron chi connectivity index (χ0n) is 19.6. The highest BCUT2D eigenvalue weighted by Crippen LogP contribution is 2.25. The summed E-state index contributed by atoms with van der Waals surface area (Å²) in [6.07, 6.45) is 0.858. The molecular weight excluding hydrogens is 444 g/mol. The van der Waals surface area contributed by atoms with Crippen LogP contribution in [0.25, 0.3) is 5.69 Å². The molecule has 0 unspecified atom stereocenters. The summed E-state index contributed by atoms with van der Waals surface area (Å²) in [6.45, 7) is 6.40. The average Bonchev–Trinajstić information content (AvgIpc) is 3.27. The maximum absolute atomic E-state index is 12.8. The molecule has 0 aliphatic heterocycles. The Balaban J connectivity index is 1.50. The van der Waals surface area contributed by atoms with E-state index in [0.29, 0.717) is 11.0 Å². The van der Waals surface area contributed by atoms with E-state index in [1.165, 1.54) is 17.3 Å². The van der Waals surface area contributed by atoms with Crippen LogP contribution in [0.5, 0.6) is 5.75 Å². The number of aryl methyl sites for hydroxylation is 3. The van der Waals surface area contributed by atoms with Gasteiger partial charge < -0.3 is 10.1 Å². The van der Waals surface area contributed by atoms with Gasteiger partial charge in [-0.25, -0.2) is 0 Å². The van der Waals surface area contributed by atoms with Gasteiger partial charge in [-0.2, -0.15) is 0 Å². The van der Waals surface area contributed by atoms with Crippen LogP contribution in [0.4, 0.5) is 5.69 Å². The Bertz CT molecular complexity index is 1250. The van der Waals surface area contributed by atoms with E-state index in [0.717, 1.165) is 34.7 Å². The monoisotopic (exact) mass is 472 g/mol. The van der Waals surface area contributed by atoms with Crippen molar-refractivity contribution >= 4 is 23.4 Å². The van der Waals surface area contributed by atoms with Gasteiger partial charge in [-0.3, -0.25) is 9.36 Å². The Morgan fingerprint density at radius 3 is 2.47 bits per heavy atom. The standard InChI is InChI=1S/C27H28N4O2S/c1-4-21-10-8-9-20(3)26(21)28-25(32)18-34-27-30-29-24(31(27)22-11-6-5-7-12-22)17-33-23-15-13-19(2)14-16-23/h5-16H,4,17-18H2,1-3H3,(H,28,32). The highest BCUT2D eigenvalue weighted by Gasteiger charge is 2.17. The summed E-state index contributed by atoms with van der Waals surface area (Å²) in [6, 6.07) is 23.8. The molecule has 0 fully saturated rings. The molecule has 0 aliphatic rings. The van der Waals surface area contributed by atoms with E-state index in [9.17, 15) is 4.79 Å². The molecule has 0 saturated carbocycles. The van der Waals surface area contributed by atoms with Crippen molar-refractivity contribution in [1.29, 1.82) is 0 Å². The van der Waals surface area contributed by atoms with Crippen molar-refractivity contribution in [1.82, 2.24) is 14.8 Å². The van der Waals surface area contributed by atoms with Crippen LogP contribution in [0.2, 0.25) is 0 Å². The van der Waals surface area contributed by atoms with Crippen molar-refractivity contribution in [2.75, 3.05) is 11.1 Å². The predicted molar refractivity (Wildman–Crippen MR) is 137 cm³/mol. The molecule has 1 N–H and O–H groups in total. The first-order chi connectivity index (χ1) is 16.5. The van der Waals surface area contributed by atoms with Gasteiger partial charge in [0.25, 0.3) is 0 Å². The van der Waals surface area contributed by atoms with E-state index in [1.54, 1.807) is 0 Å². The molecule has 3 aromatic carbocycles. The lowest BCUT2D eigenvalue weighted by molar-refractivity contribution is -0.113. The molecule has 0 bridgehead atoms. The van der Waals surface area contributed by atoms with E-state index < -0.39 is 0 Å². The lowest BCUT2D eigenvalue weighted by Crippen LogP contribution is -2.16. The first-order valence-electron chi connectivity index (χ1n) is 11.3. The fourth-order valence-electron chi connectivity index (χ4n) is 3.61. The minimum atomic E-state index is -0.0749. The summed E-state index contributed by atoms with van der Waals surface area (Å²) >= 11 is 1.35. The molecular formula is C27H28N4O2S. The highest BCUT2D eigenvalue weighted by molar-refractivity contribution is 7.99. The van der Waals surface area contributed by atoms with Crippen LogP contribution in [0.3, 0.4) is 0 Å². The largest absolute Gasteiger partial charge is 0.486 e. The van der Waals surface area contributed by atoms with Crippen LogP contribution in [0.1, 0.15) is 29.4 Å². The molecule has 0 spiro atoms. The molecule has 7 heteroatoms. The van der Waals surface area contributed by atoms with Crippen LogP contribution in [0.15, 0.2) is 78.0 Å². The molecule has 1 heterocycles. The summed E-state index contributed by atoms with van der Waals surface area (Å²) < 4.78 is 7.90. The number of nitrogens with zero attached hydrogens (tertiary/aromatic N) is 3. The number of anilines is 1. The van der Waals surface area contributed by atoms with Crippen molar-refractivity contribution in [3.05, 3.63) is 95.3 Å². The van der Waals surface area contributed by atoms with Gasteiger partial charge in [0.1, 0.15) is 12.4 Å². The number of thioether (sulfide) groups is 1. The van der Waals surface area contributed by atoms with E-state index >= 15 is 0 Å². The Hall–Kier alpha value is -3.58. The molecule has 174 valence electrons. The van der Waals surface area contributed by atoms with Crippen LogP contribution >= 0.6 is 11.8 Å². The first-order valence-corrected chi connectivity index (χ1v) is 12.2. The van der Waals surface area contributed by atoms with E-state index in [-0.39, 0.29) is 18.3 Å². The lowest BCUT2D eigenvalue weighted by Gasteiger charge is -2.13. The third kappa shape index (κ3) is 5.66. The number of carbonyl (C=O) groups excluding carboxylic acids is 1. The Labute approximate surface area is 204 Å². The van der Waals surface area contributed by atoms with Gasteiger partial charge in [0.2, 0.25) is 5.91 Å². The second kappa shape index (κ2) is 11.0. The van der Waals surface area contributed by atoms with Crippen molar-refractivity contribution in [3.63, 3.8) is 0 Å². The van der Waals surface area contributed by atoms with Gasteiger partial charge in [-0.1, -0.05) is 72.8 Å². The number of para-hydroxylation sites is 2. The SMILES string of the molecule is CCc1cccc(C)c1NC(=O)CSc1nnc(COc2ccc(C)cc2)n1-c1ccccc1. The normalized spacial score (nSPS) is 10.8. The Kier molecular flexibility index (Phi) is 7.65. The number of ether oxygens (including phenoxy) is 1. The molecule has 0 aliphatic carbocycles. The lowest BCUT2D eigenvalue weighted by atomic mass is 10.1. The molecule has 1 aromatic heterocycles. The second-order valence-corrected chi connectivity index (χ2v) is 8.91. The smallest absolute Gasteiger partial charge is 0.234 e. The van der Waals surface area contributed by atoms with E-state index in [2.05, 4.69) is 22.4 Å². The van der Waals surface area contributed by atoms with Crippen LogP contribution in [-0.2, 0) is 17.8 Å². The van der Waals surface area contributed by atoms with E-state index in [1.807, 2.05) is 91.2 Å². The number of benzene rings is 3. The summed E-state index contributed by atoms with van der Waals surface area (Å²) in [5.41, 5.74) is 5.17. The molecule has 0 saturated heterocycles. The number of rotatable bonds is 9. The number of aromatic nitrogens is 3. The van der Waals surface area contributed by atoms with Crippen molar-refractivity contribution in [2.45, 2.75) is 39.0 Å². The number of amides is 1. The highest BCUT2D eigenvalue weighted by atomic mass is 32.2. The number of hydrogen-bond acceptors (Lipinski definition) is 5. The number of carbonyl (C=O) groups is 1. The summed E-state index contributed by atoms with van der Waals surface area (Å²) in [4.78, 5) is 12.8. The third-order valence-electron chi connectivity index (χ3n) is 5.44. The van der Waals surface area contributed by atoms with Gasteiger partial charge in [-0.05, 0) is 55.7 Å². The van der Waals surface area contributed by atoms with Gasteiger partial charge >= 0.3 is 0 Å². The Morgan fingerprint density at radius 2 is 1.74 bits per heavy atom. The van der Waals surface area contributed by atoms with Gasteiger partial charge in [0.05, 0.1) is 5.75 Å². The first kappa shape index (κ1) is 23.6. The Morgan fingerprint density at radius 1 is 0.971 bits per heavy atom. The summed E-state index contributed by atoms with van der Waals surface area (Å²) in [5, 5.41) is 12.4. The van der Waals surface area contributed by atoms with Gasteiger partial charge in [0, 0.05) is 11.4 Å². The quantitative estimate of drug-likeness (QED) is 0.314. The van der Waals surface area contributed by atoms with E-state index in [4.69, 9.17) is 4.74 Å². The molecule has 4 rings (SSSR count). The minimum Gasteiger partial charge on any atom is -0.486 e. The van der Waals surface area contributed by atoms with Crippen molar-refractivity contribution in [3.8, 4) is 11.4 Å². The summed E-state index contributed by atoms with van der Waals surface area (Å²) in [5.74, 6) is 1.59. The second-order valence-electron chi connectivity index (χ2n) is 7.97. The van der Waals surface area contributed by atoms with Crippen LogP contribution < -0.4 is 10.1 Å². The fourth-order valence-corrected chi connectivity index (χ4v) is 4.38. The number of nitrogens with one attached hydrogen (secondary N) is 1. The molecule has 6 nitrogen and oxygen atoms in total. The van der Waals surface area contributed by atoms with Crippen molar-refractivity contribution < 1.29 is 9.53 Å². The fraction of sp³-hybridized carbons (Fsp3) is 0.222. The molecule has 4 aromatic rings. The maximum Gasteiger partial charge on any atom is 0.234 e. The maximum atomic E-state index is 12.8. The molecule has 34 heavy (non-hydrogen) atoms. The van der Waals surface area contributed by atoms with Gasteiger partial charge in [0.15, 0.2) is 11.0 Å². The van der Waals surface area contributed by atoms with Gasteiger partial charge in [-0.15, -0.1) is 10.2 Å². The summed E-state index contributed by atoms with van der Waals surface area (Å²) in [7, 11) is 0. The topological polar surface area (TPSA) is 69.0 Å². The predicted octanol–water partition coefficient (Wildman–Crippen LogP) is 5.76. The zero-order chi connectivity index (χ0) is 23.9. The van der Waals surface area contributed by atoms with Crippen molar-refractivity contribution in [2.24, 2.45) is 0 Å². The zero-order valence-corrected chi connectivity index (χ0v) is 20.4. The number of hydrogen-bond donors (Lipinski definition) is 1. The minimum absolute atomic E-state index is 0.0749. The van der Waals surface area contributed by atoms with Crippen LogP contribution in [0, 0.1) is 13.8 Å². The average molecular weight is 473 g/mol. The molecule has 0 atom stereocenters. The van der Waals surface area contributed by atoms with Crippen LogP contribution in [-0.4, -0.2) is 26.4 Å². The third-order valence-corrected chi connectivity index (χ3v) is 6.37.